The molecular weight excluding hydrogens is 507 g/mol. The zero-order chi connectivity index (χ0) is 22.2. The summed E-state index contributed by atoms with van der Waals surface area (Å²) in [4.78, 5) is 24.4. The smallest absolute Gasteiger partial charge is 0.408 e. The topological polar surface area (TPSA) is 103 Å². The summed E-state index contributed by atoms with van der Waals surface area (Å²) in [7, 11) is 0. The van der Waals surface area contributed by atoms with Crippen LogP contribution >= 0.6 is 24.0 Å². The molecule has 0 spiro atoms. The number of amides is 1. The predicted octanol–water partition coefficient (Wildman–Crippen LogP) is 4.05. The van der Waals surface area contributed by atoms with Gasteiger partial charge in [-0.15, -0.1) is 24.0 Å². The van der Waals surface area contributed by atoms with Crippen LogP contribution in [0.25, 0.3) is 11.3 Å². The van der Waals surface area contributed by atoms with Gasteiger partial charge in [-0.25, -0.2) is 14.8 Å². The van der Waals surface area contributed by atoms with Crippen molar-refractivity contribution in [1.29, 1.82) is 0 Å². The molecule has 4 N–H and O–H groups in total. The molecule has 1 aromatic heterocycles. The molecule has 8 nitrogen and oxygen atoms in total. The number of rotatable bonds is 7. The van der Waals surface area contributed by atoms with Crippen molar-refractivity contribution in [2.45, 2.75) is 59.2 Å². The fraction of sp³-hybridized carbons (Fsp3) is 0.500. The normalized spacial score (nSPS) is 12.0. The lowest BCUT2D eigenvalue weighted by atomic mass is 10.1. The summed E-state index contributed by atoms with van der Waals surface area (Å²) in [5, 5.41) is 9.35. The molecule has 1 heterocycles. The maximum Gasteiger partial charge on any atom is 0.408 e. The van der Waals surface area contributed by atoms with Gasteiger partial charge in [0.25, 0.3) is 0 Å². The highest BCUT2D eigenvalue weighted by Gasteiger charge is 2.24. The van der Waals surface area contributed by atoms with Crippen molar-refractivity contribution in [3.05, 3.63) is 42.4 Å². The van der Waals surface area contributed by atoms with E-state index in [1.54, 1.807) is 0 Å². The average Bonchev–Trinajstić information content (AvgIpc) is 3.12. The van der Waals surface area contributed by atoms with Gasteiger partial charge in [-0.3, -0.25) is 0 Å². The van der Waals surface area contributed by atoms with E-state index in [1.807, 2.05) is 78.1 Å². The van der Waals surface area contributed by atoms with Gasteiger partial charge in [0.1, 0.15) is 18.0 Å². The second-order valence-corrected chi connectivity index (χ2v) is 8.67. The molecular formula is C22H35IN6O2. The van der Waals surface area contributed by atoms with E-state index in [9.17, 15) is 4.79 Å². The molecule has 0 atom stereocenters. The molecule has 0 fully saturated rings. The summed E-state index contributed by atoms with van der Waals surface area (Å²) in [5.41, 5.74) is 0.983. The standard InChI is InChI=1S/C22H34N6O2.HI/c1-7-23-19(26-15-22(5,6)28-20(29)30-21(2,3)4)25-14-18-24-13-17(27-18)16-11-9-8-10-12-16;/h8-13H,7,14-15H2,1-6H3,(H,24,27)(H,28,29)(H2,23,25,26);1H. The van der Waals surface area contributed by atoms with Crippen LogP contribution in [0.4, 0.5) is 4.79 Å². The molecule has 0 aliphatic carbocycles. The van der Waals surface area contributed by atoms with E-state index in [0.717, 1.165) is 23.6 Å². The van der Waals surface area contributed by atoms with Crippen molar-refractivity contribution in [2.24, 2.45) is 4.99 Å². The zero-order valence-corrected chi connectivity index (χ0v) is 21.5. The van der Waals surface area contributed by atoms with Gasteiger partial charge in [-0.05, 0) is 47.1 Å². The van der Waals surface area contributed by atoms with Crippen molar-refractivity contribution in [3.63, 3.8) is 0 Å². The Hall–Kier alpha value is -2.30. The van der Waals surface area contributed by atoms with Crippen LogP contribution in [0.5, 0.6) is 0 Å². The first-order valence-electron chi connectivity index (χ1n) is 10.2. The number of alkyl carbamates (subject to hydrolysis) is 1. The molecule has 31 heavy (non-hydrogen) atoms. The summed E-state index contributed by atoms with van der Waals surface area (Å²) >= 11 is 0. The van der Waals surface area contributed by atoms with Gasteiger partial charge in [0.05, 0.1) is 17.4 Å². The molecule has 2 rings (SSSR count). The molecule has 0 unspecified atom stereocenters. The summed E-state index contributed by atoms with van der Waals surface area (Å²) in [6.45, 7) is 13.0. The molecule has 172 valence electrons. The minimum absolute atomic E-state index is 0. The Morgan fingerprint density at radius 1 is 1.13 bits per heavy atom. The van der Waals surface area contributed by atoms with E-state index < -0.39 is 17.2 Å². The van der Waals surface area contributed by atoms with Gasteiger partial charge < -0.3 is 25.7 Å². The number of hydrogen-bond donors (Lipinski definition) is 4. The molecule has 0 saturated heterocycles. The minimum atomic E-state index is -0.536. The van der Waals surface area contributed by atoms with Gasteiger partial charge in [0.15, 0.2) is 5.96 Å². The summed E-state index contributed by atoms with van der Waals surface area (Å²) < 4.78 is 5.34. The van der Waals surface area contributed by atoms with E-state index >= 15 is 0 Å². The van der Waals surface area contributed by atoms with Crippen LogP contribution in [0, 0.1) is 0 Å². The fourth-order valence-corrected chi connectivity index (χ4v) is 2.63. The molecule has 0 radical (unpaired) electrons. The van der Waals surface area contributed by atoms with Crippen LogP contribution in [-0.4, -0.2) is 46.3 Å². The Morgan fingerprint density at radius 2 is 1.81 bits per heavy atom. The lowest BCUT2D eigenvalue weighted by Gasteiger charge is -2.29. The molecule has 9 heteroatoms. The minimum Gasteiger partial charge on any atom is -0.444 e. The summed E-state index contributed by atoms with van der Waals surface area (Å²) in [6.07, 6.45) is 1.37. The van der Waals surface area contributed by atoms with Gasteiger partial charge in [0, 0.05) is 13.1 Å². The number of halogens is 1. The number of carbonyl (C=O) groups is 1. The molecule has 0 aliphatic rings. The van der Waals surface area contributed by atoms with Crippen LogP contribution in [0.2, 0.25) is 0 Å². The third-order valence-electron chi connectivity index (χ3n) is 3.98. The molecule has 1 amide bonds. The second-order valence-electron chi connectivity index (χ2n) is 8.67. The third-order valence-corrected chi connectivity index (χ3v) is 3.98. The number of carbonyl (C=O) groups excluding carboxylic acids is 1. The van der Waals surface area contributed by atoms with Crippen molar-refractivity contribution in [3.8, 4) is 11.3 Å². The number of nitrogens with one attached hydrogen (secondary N) is 4. The van der Waals surface area contributed by atoms with E-state index in [1.165, 1.54) is 0 Å². The Labute approximate surface area is 202 Å². The number of ether oxygens (including phenoxy) is 1. The number of guanidine groups is 1. The first-order valence-corrected chi connectivity index (χ1v) is 10.2. The molecule has 0 aliphatic heterocycles. The largest absolute Gasteiger partial charge is 0.444 e. The van der Waals surface area contributed by atoms with Gasteiger partial charge in [-0.1, -0.05) is 30.3 Å². The maximum absolute atomic E-state index is 12.1. The Morgan fingerprint density at radius 3 is 2.42 bits per heavy atom. The monoisotopic (exact) mass is 542 g/mol. The first kappa shape index (κ1) is 26.7. The van der Waals surface area contributed by atoms with Gasteiger partial charge >= 0.3 is 6.09 Å². The number of hydrogen-bond acceptors (Lipinski definition) is 4. The SMILES string of the molecule is CCNC(=NCc1ncc(-c2ccccc2)[nH]1)NCC(C)(C)NC(=O)OC(C)(C)C.I. The van der Waals surface area contributed by atoms with E-state index in [2.05, 4.69) is 30.9 Å². The highest BCUT2D eigenvalue weighted by atomic mass is 127. The Kier molecular flexibility index (Phi) is 10.3. The lowest BCUT2D eigenvalue weighted by molar-refractivity contribution is 0.0474. The quantitative estimate of drug-likeness (QED) is 0.240. The lowest BCUT2D eigenvalue weighted by Crippen LogP contribution is -2.54. The zero-order valence-electron chi connectivity index (χ0n) is 19.2. The van der Waals surface area contributed by atoms with Crippen LogP contribution in [0.1, 0.15) is 47.4 Å². The number of aliphatic imine (C=N–C) groups is 1. The third kappa shape index (κ3) is 10.0. The fourth-order valence-electron chi connectivity index (χ4n) is 2.63. The predicted molar refractivity (Wildman–Crippen MR) is 136 cm³/mol. The van der Waals surface area contributed by atoms with Crippen molar-refractivity contribution >= 4 is 36.0 Å². The van der Waals surface area contributed by atoms with Crippen molar-refractivity contribution in [1.82, 2.24) is 25.9 Å². The average molecular weight is 542 g/mol. The van der Waals surface area contributed by atoms with E-state index in [0.29, 0.717) is 19.0 Å². The molecule has 1 aromatic carbocycles. The number of imidazole rings is 1. The number of H-pyrrole nitrogens is 1. The number of nitrogens with zero attached hydrogens (tertiary/aromatic N) is 2. The number of benzene rings is 1. The molecule has 0 saturated carbocycles. The Balaban J connectivity index is 0.00000480. The van der Waals surface area contributed by atoms with Crippen molar-refractivity contribution in [2.75, 3.05) is 13.1 Å². The van der Waals surface area contributed by atoms with E-state index in [4.69, 9.17) is 4.74 Å². The molecule has 2 aromatic rings. The first-order chi connectivity index (χ1) is 14.1. The Bertz CT molecular complexity index is 843. The maximum atomic E-state index is 12.1. The van der Waals surface area contributed by atoms with Gasteiger partial charge in [-0.2, -0.15) is 0 Å². The highest BCUT2D eigenvalue weighted by Crippen LogP contribution is 2.16. The van der Waals surface area contributed by atoms with Crippen molar-refractivity contribution < 1.29 is 9.53 Å². The summed E-state index contributed by atoms with van der Waals surface area (Å²) in [5.74, 6) is 1.42. The van der Waals surface area contributed by atoms with Gasteiger partial charge in [0.2, 0.25) is 0 Å². The van der Waals surface area contributed by atoms with Crippen LogP contribution < -0.4 is 16.0 Å². The second kappa shape index (κ2) is 11.9. The van der Waals surface area contributed by atoms with Crippen LogP contribution in [-0.2, 0) is 11.3 Å². The molecule has 0 bridgehead atoms. The van der Waals surface area contributed by atoms with Crippen LogP contribution in [0.3, 0.4) is 0 Å². The van der Waals surface area contributed by atoms with Crippen LogP contribution in [0.15, 0.2) is 41.5 Å². The number of aromatic amines is 1. The van der Waals surface area contributed by atoms with E-state index in [-0.39, 0.29) is 24.0 Å². The number of aromatic nitrogens is 2. The highest BCUT2D eigenvalue weighted by molar-refractivity contribution is 14.0. The summed E-state index contributed by atoms with van der Waals surface area (Å²) in [6, 6.07) is 10.0.